The summed E-state index contributed by atoms with van der Waals surface area (Å²) >= 11 is 0. The van der Waals surface area contributed by atoms with Crippen molar-refractivity contribution >= 4 is 17.7 Å². The molecule has 2 heterocycles. The van der Waals surface area contributed by atoms with E-state index < -0.39 is 11.9 Å². The molecule has 3 rings (SSSR count). The largest absolute Gasteiger partial charge is 0.497 e. The summed E-state index contributed by atoms with van der Waals surface area (Å²) in [5.41, 5.74) is 2.10. The fourth-order valence-corrected chi connectivity index (χ4v) is 2.84. The highest BCUT2D eigenvalue weighted by Gasteiger charge is 2.35. The third-order valence-corrected chi connectivity index (χ3v) is 4.12. The molecule has 0 aliphatic carbocycles. The van der Waals surface area contributed by atoms with Crippen LogP contribution in [0.1, 0.15) is 12.0 Å². The zero-order chi connectivity index (χ0) is 20.4. The molecule has 0 aromatic heterocycles. The summed E-state index contributed by atoms with van der Waals surface area (Å²) in [6.07, 6.45) is 2.34. The number of nitrogens with zero attached hydrogens (tertiary/aromatic N) is 2. The number of hydrogen-bond donors (Lipinski definition) is 2. The maximum Gasteiger partial charge on any atom is 0.328 e. The van der Waals surface area contributed by atoms with Crippen molar-refractivity contribution < 1.29 is 29.4 Å². The third-order valence-electron chi connectivity index (χ3n) is 4.12. The zero-order valence-corrected chi connectivity index (χ0v) is 15.5. The maximum atomic E-state index is 9.55. The first-order valence-electron chi connectivity index (χ1n) is 8.66. The second-order valence-electron chi connectivity index (χ2n) is 6.12. The minimum absolute atomic E-state index is 0.327. The van der Waals surface area contributed by atoms with Gasteiger partial charge in [-0.3, -0.25) is 4.90 Å². The Morgan fingerprint density at radius 1 is 1.32 bits per heavy atom. The van der Waals surface area contributed by atoms with Crippen molar-refractivity contribution in [3.8, 4) is 17.6 Å². The van der Waals surface area contributed by atoms with E-state index in [9.17, 15) is 9.59 Å². The average molecular weight is 386 g/mol. The van der Waals surface area contributed by atoms with Gasteiger partial charge in [-0.1, -0.05) is 23.1 Å². The number of piperidine rings is 1. The van der Waals surface area contributed by atoms with Gasteiger partial charge >= 0.3 is 11.9 Å². The molecule has 2 unspecified atom stereocenters. The van der Waals surface area contributed by atoms with Gasteiger partial charge in [0.25, 0.3) is 0 Å². The van der Waals surface area contributed by atoms with E-state index in [1.807, 2.05) is 24.3 Å². The Hall–Kier alpha value is -3.31. The number of hydrogen-bond acceptors (Lipinski definition) is 6. The molecule has 28 heavy (non-hydrogen) atoms. The Morgan fingerprint density at radius 2 is 2.07 bits per heavy atom. The molecular formula is C20H22N2O6. The summed E-state index contributed by atoms with van der Waals surface area (Å²) in [4.78, 5) is 26.8. The molecular weight excluding hydrogens is 364 g/mol. The van der Waals surface area contributed by atoms with Crippen molar-refractivity contribution in [3.05, 3.63) is 42.0 Å². The van der Waals surface area contributed by atoms with Gasteiger partial charge in [0.1, 0.15) is 5.75 Å². The normalized spacial score (nSPS) is 20.8. The van der Waals surface area contributed by atoms with Crippen LogP contribution in [0.3, 0.4) is 0 Å². The van der Waals surface area contributed by atoms with Gasteiger partial charge in [-0.25, -0.2) is 9.59 Å². The van der Waals surface area contributed by atoms with Gasteiger partial charge in [-0.05, 0) is 31.2 Å². The number of methoxy groups -OCH3 is 1. The summed E-state index contributed by atoms with van der Waals surface area (Å²) in [5.74, 6) is 4.93. The van der Waals surface area contributed by atoms with E-state index in [-0.39, 0.29) is 0 Å². The van der Waals surface area contributed by atoms with Gasteiger partial charge in [-0.15, -0.1) is 0 Å². The molecule has 2 N–H and O–H groups in total. The molecule has 1 aromatic carbocycles. The van der Waals surface area contributed by atoms with Crippen molar-refractivity contribution in [2.75, 3.05) is 33.4 Å². The molecule has 8 nitrogen and oxygen atoms in total. The second kappa shape index (κ2) is 10.7. The van der Waals surface area contributed by atoms with E-state index in [1.54, 1.807) is 7.11 Å². The third kappa shape index (κ3) is 7.13. The predicted molar refractivity (Wildman–Crippen MR) is 102 cm³/mol. The van der Waals surface area contributed by atoms with E-state index in [1.165, 1.54) is 18.7 Å². The fraction of sp³-hybridized carbons (Fsp3) is 0.350. The van der Waals surface area contributed by atoms with Gasteiger partial charge in [0.05, 0.1) is 12.8 Å². The van der Waals surface area contributed by atoms with E-state index in [2.05, 4.69) is 21.9 Å². The molecule has 0 saturated carbocycles. The minimum atomic E-state index is -1.26. The number of fused-ring (bicyclic) bond motifs is 2. The Morgan fingerprint density at radius 3 is 2.64 bits per heavy atom. The van der Waals surface area contributed by atoms with Crippen molar-refractivity contribution in [1.29, 1.82) is 0 Å². The predicted octanol–water partition coefficient (Wildman–Crippen LogP) is 1.47. The first-order valence-corrected chi connectivity index (χ1v) is 8.66. The smallest absolute Gasteiger partial charge is 0.328 e. The summed E-state index contributed by atoms with van der Waals surface area (Å²) in [7, 11) is 1.65. The van der Waals surface area contributed by atoms with Crippen LogP contribution in [0.25, 0.3) is 0 Å². The van der Waals surface area contributed by atoms with Gasteiger partial charge in [-0.2, -0.15) is 0 Å². The van der Waals surface area contributed by atoms with E-state index in [0.717, 1.165) is 24.4 Å². The fourth-order valence-electron chi connectivity index (χ4n) is 2.84. The van der Waals surface area contributed by atoms with Crippen LogP contribution in [0, 0.1) is 17.8 Å². The number of oxime groups is 1. The highest BCUT2D eigenvalue weighted by molar-refractivity contribution is 5.91. The SMILES string of the molecule is COc1cccc(C#CCO/N=C2\CN3CCC2C3)c1.O=C(O)/C=C\C(=O)O. The first kappa shape index (κ1) is 21.0. The summed E-state index contributed by atoms with van der Waals surface area (Å²) in [6.45, 7) is 3.65. The standard InChI is InChI=1S/C16H18N2O2.C4H4O4/c1-19-15-6-2-4-13(10-15)5-3-9-20-17-16-12-18-8-7-14(16)11-18;5-3(6)1-2-4(7)8/h2,4,6,10,14H,7-9,11-12H2,1H3;1-2H,(H,5,6)(H,7,8)/b17-16+;2-1-. The molecule has 0 radical (unpaired) electrons. The quantitative estimate of drug-likeness (QED) is 0.341. The van der Waals surface area contributed by atoms with Gasteiger partial charge in [0, 0.05) is 36.7 Å². The lowest BCUT2D eigenvalue weighted by Gasteiger charge is -2.12. The minimum Gasteiger partial charge on any atom is -0.497 e. The lowest BCUT2D eigenvalue weighted by atomic mass is 10.0. The lowest BCUT2D eigenvalue weighted by Crippen LogP contribution is -2.23. The van der Waals surface area contributed by atoms with Crippen LogP contribution in [0.5, 0.6) is 5.75 Å². The Labute approximate surface area is 163 Å². The van der Waals surface area contributed by atoms with E-state index in [4.69, 9.17) is 19.8 Å². The molecule has 2 fully saturated rings. The molecule has 0 amide bonds. The summed E-state index contributed by atoms with van der Waals surface area (Å²) < 4.78 is 5.15. The van der Waals surface area contributed by atoms with Crippen LogP contribution in [-0.2, 0) is 14.4 Å². The molecule has 2 saturated heterocycles. The van der Waals surface area contributed by atoms with Gasteiger partial charge in [0.2, 0.25) is 0 Å². The van der Waals surface area contributed by atoms with Crippen LogP contribution in [0.2, 0.25) is 0 Å². The number of carboxylic acid groups (broad SMARTS) is 2. The first-order chi connectivity index (χ1) is 13.5. The van der Waals surface area contributed by atoms with Crippen molar-refractivity contribution in [2.24, 2.45) is 11.1 Å². The number of carbonyl (C=O) groups is 2. The van der Waals surface area contributed by atoms with Crippen LogP contribution in [0.4, 0.5) is 0 Å². The monoisotopic (exact) mass is 386 g/mol. The van der Waals surface area contributed by atoms with Gasteiger partial charge in [0.15, 0.2) is 6.61 Å². The van der Waals surface area contributed by atoms with E-state index >= 15 is 0 Å². The molecule has 2 atom stereocenters. The van der Waals surface area contributed by atoms with Crippen LogP contribution < -0.4 is 4.74 Å². The van der Waals surface area contributed by atoms with E-state index in [0.29, 0.717) is 24.7 Å². The van der Waals surface area contributed by atoms with Gasteiger partial charge < -0.3 is 19.8 Å². The maximum absolute atomic E-state index is 9.55. The zero-order valence-electron chi connectivity index (χ0n) is 15.5. The summed E-state index contributed by atoms with van der Waals surface area (Å²) in [5, 5.41) is 19.8. The Kier molecular flexibility index (Phi) is 8.06. The van der Waals surface area contributed by atoms with Crippen molar-refractivity contribution in [1.82, 2.24) is 4.90 Å². The average Bonchev–Trinajstić information content (AvgIpc) is 3.30. The van der Waals surface area contributed by atoms with Crippen molar-refractivity contribution in [3.63, 3.8) is 0 Å². The Balaban J connectivity index is 0.000000300. The van der Waals surface area contributed by atoms with Crippen molar-refractivity contribution in [2.45, 2.75) is 6.42 Å². The Bertz CT molecular complexity index is 805. The molecule has 2 aliphatic heterocycles. The molecule has 1 aromatic rings. The topological polar surface area (TPSA) is 109 Å². The number of ether oxygens (including phenoxy) is 1. The number of aliphatic carboxylic acids is 2. The highest BCUT2D eigenvalue weighted by atomic mass is 16.6. The molecule has 148 valence electrons. The number of rotatable bonds is 5. The summed E-state index contributed by atoms with van der Waals surface area (Å²) in [6, 6.07) is 7.68. The van der Waals surface area contributed by atoms with Crippen LogP contribution in [-0.4, -0.2) is 66.1 Å². The highest BCUT2D eigenvalue weighted by Crippen LogP contribution is 2.25. The molecule has 2 aliphatic rings. The second-order valence-corrected chi connectivity index (χ2v) is 6.12. The van der Waals surface area contributed by atoms with Crippen LogP contribution in [0.15, 0.2) is 41.6 Å². The van der Waals surface area contributed by atoms with Crippen LogP contribution >= 0.6 is 0 Å². The molecule has 0 spiro atoms. The number of carboxylic acids is 2. The molecule has 2 bridgehead atoms. The lowest BCUT2D eigenvalue weighted by molar-refractivity contribution is -0.134. The molecule has 8 heteroatoms. The number of benzene rings is 1.